The number of carbonyl (C=O) groups is 1. The van der Waals surface area contributed by atoms with Gasteiger partial charge in [-0.3, -0.25) is 0 Å². The standard InChI is InChI=1S/C18H25NO3/c1-11(2)14-9-8-13(19)10-15(14)21-18(20)17-16(22-17)12-6-4-3-5-7-12/h3-7,11,13-17H,8-10,19H2,1-2H3/t13-,14+,15?,16+,17+/m0/s1. The van der Waals surface area contributed by atoms with Crippen molar-refractivity contribution in [3.8, 4) is 0 Å². The van der Waals surface area contributed by atoms with Crippen LogP contribution in [0.3, 0.4) is 0 Å². The highest BCUT2D eigenvalue weighted by Crippen LogP contribution is 2.40. The van der Waals surface area contributed by atoms with E-state index in [2.05, 4.69) is 13.8 Å². The normalized spacial score (nSPS) is 34.5. The van der Waals surface area contributed by atoms with Crippen molar-refractivity contribution >= 4 is 5.97 Å². The van der Waals surface area contributed by atoms with Crippen molar-refractivity contribution in [1.29, 1.82) is 0 Å². The van der Waals surface area contributed by atoms with Crippen molar-refractivity contribution in [1.82, 2.24) is 0 Å². The molecule has 5 atom stereocenters. The molecule has 1 aliphatic carbocycles. The Morgan fingerprint density at radius 1 is 1.27 bits per heavy atom. The van der Waals surface area contributed by atoms with Crippen LogP contribution in [0.4, 0.5) is 0 Å². The highest BCUT2D eigenvalue weighted by atomic mass is 16.6. The maximum Gasteiger partial charge on any atom is 0.338 e. The molecular formula is C18H25NO3. The third-order valence-electron chi connectivity index (χ3n) is 4.86. The molecule has 1 aromatic carbocycles. The molecule has 22 heavy (non-hydrogen) atoms. The van der Waals surface area contributed by atoms with Gasteiger partial charge in [-0.25, -0.2) is 4.79 Å². The van der Waals surface area contributed by atoms with Crippen LogP contribution >= 0.6 is 0 Å². The maximum absolute atomic E-state index is 12.3. The Bertz CT molecular complexity index is 516. The van der Waals surface area contributed by atoms with Crippen LogP contribution in [-0.2, 0) is 14.3 Å². The molecule has 1 heterocycles. The lowest BCUT2D eigenvalue weighted by Crippen LogP contribution is -2.42. The number of rotatable bonds is 4. The number of epoxide rings is 1. The number of benzene rings is 1. The highest BCUT2D eigenvalue weighted by molar-refractivity contribution is 5.78. The summed E-state index contributed by atoms with van der Waals surface area (Å²) < 4.78 is 11.3. The third-order valence-corrected chi connectivity index (χ3v) is 4.86. The smallest absolute Gasteiger partial charge is 0.338 e. The average Bonchev–Trinajstić information content (AvgIpc) is 3.28. The number of carbonyl (C=O) groups excluding carboxylic acids is 1. The Hall–Kier alpha value is -1.39. The number of nitrogens with two attached hydrogens (primary N) is 1. The monoisotopic (exact) mass is 303 g/mol. The average molecular weight is 303 g/mol. The molecule has 1 unspecified atom stereocenters. The second-order valence-corrected chi connectivity index (χ2v) is 6.84. The van der Waals surface area contributed by atoms with Crippen LogP contribution in [0.2, 0.25) is 0 Å². The largest absolute Gasteiger partial charge is 0.460 e. The summed E-state index contributed by atoms with van der Waals surface area (Å²) in [4.78, 5) is 12.3. The molecule has 0 bridgehead atoms. The fourth-order valence-electron chi connectivity index (χ4n) is 3.49. The molecule has 2 fully saturated rings. The van der Waals surface area contributed by atoms with Crippen molar-refractivity contribution < 1.29 is 14.3 Å². The summed E-state index contributed by atoms with van der Waals surface area (Å²) in [6.45, 7) is 4.37. The van der Waals surface area contributed by atoms with Crippen molar-refractivity contribution in [3.63, 3.8) is 0 Å². The van der Waals surface area contributed by atoms with Gasteiger partial charge in [0, 0.05) is 6.04 Å². The lowest BCUT2D eigenvalue weighted by atomic mass is 9.77. The van der Waals surface area contributed by atoms with Gasteiger partial charge in [-0.1, -0.05) is 44.2 Å². The molecule has 1 saturated carbocycles. The fraction of sp³-hybridized carbons (Fsp3) is 0.611. The molecule has 4 heteroatoms. The van der Waals surface area contributed by atoms with Crippen LogP contribution in [0, 0.1) is 11.8 Å². The molecule has 120 valence electrons. The van der Waals surface area contributed by atoms with Crippen LogP contribution in [0.5, 0.6) is 0 Å². The number of ether oxygens (including phenoxy) is 2. The van der Waals surface area contributed by atoms with E-state index in [1.807, 2.05) is 30.3 Å². The highest BCUT2D eigenvalue weighted by Gasteiger charge is 2.48. The Labute approximate surface area is 132 Å². The molecule has 2 aliphatic rings. The summed E-state index contributed by atoms with van der Waals surface area (Å²) in [5.41, 5.74) is 7.08. The molecule has 0 radical (unpaired) electrons. The first-order valence-electron chi connectivity index (χ1n) is 8.22. The van der Waals surface area contributed by atoms with Crippen molar-refractivity contribution in [2.75, 3.05) is 0 Å². The Morgan fingerprint density at radius 3 is 2.68 bits per heavy atom. The topological polar surface area (TPSA) is 64.8 Å². The van der Waals surface area contributed by atoms with E-state index in [0.29, 0.717) is 11.8 Å². The zero-order valence-electron chi connectivity index (χ0n) is 13.3. The van der Waals surface area contributed by atoms with Gasteiger partial charge in [-0.05, 0) is 36.7 Å². The van der Waals surface area contributed by atoms with Crippen LogP contribution < -0.4 is 5.73 Å². The number of hydrogen-bond donors (Lipinski definition) is 1. The Balaban J connectivity index is 1.59. The first-order chi connectivity index (χ1) is 10.6. The van der Waals surface area contributed by atoms with Gasteiger partial charge >= 0.3 is 5.97 Å². The van der Waals surface area contributed by atoms with Gasteiger partial charge in [-0.2, -0.15) is 0 Å². The van der Waals surface area contributed by atoms with Crippen LogP contribution in [0.1, 0.15) is 44.8 Å². The second kappa shape index (κ2) is 6.39. The maximum atomic E-state index is 12.3. The molecular weight excluding hydrogens is 278 g/mol. The minimum Gasteiger partial charge on any atom is -0.460 e. The van der Waals surface area contributed by atoms with Gasteiger partial charge in [0.25, 0.3) is 0 Å². The molecule has 0 aromatic heterocycles. The lowest BCUT2D eigenvalue weighted by Gasteiger charge is -2.36. The SMILES string of the molecule is CC(C)[C@H]1CC[C@H](N)CC1OC(=O)[C@@H]1O[C@@H]1c1ccccc1. The number of esters is 1. The van der Waals surface area contributed by atoms with Gasteiger partial charge in [0.05, 0.1) is 0 Å². The summed E-state index contributed by atoms with van der Waals surface area (Å²) in [6.07, 6.45) is 2.14. The lowest BCUT2D eigenvalue weighted by molar-refractivity contribution is -0.156. The van der Waals surface area contributed by atoms with Crippen molar-refractivity contribution in [3.05, 3.63) is 35.9 Å². The molecule has 0 spiro atoms. The van der Waals surface area contributed by atoms with Crippen LogP contribution in [0.15, 0.2) is 30.3 Å². The Morgan fingerprint density at radius 2 is 2.00 bits per heavy atom. The van der Waals surface area contributed by atoms with E-state index >= 15 is 0 Å². The molecule has 0 amide bonds. The zero-order chi connectivity index (χ0) is 15.7. The molecule has 1 aromatic rings. The van der Waals surface area contributed by atoms with Crippen LogP contribution in [0.25, 0.3) is 0 Å². The van der Waals surface area contributed by atoms with E-state index in [0.717, 1.165) is 24.8 Å². The quantitative estimate of drug-likeness (QED) is 0.686. The van der Waals surface area contributed by atoms with Crippen molar-refractivity contribution in [2.45, 2.75) is 57.5 Å². The van der Waals surface area contributed by atoms with E-state index in [4.69, 9.17) is 15.2 Å². The fourth-order valence-corrected chi connectivity index (χ4v) is 3.49. The Kier molecular flexibility index (Phi) is 4.50. The second-order valence-electron chi connectivity index (χ2n) is 6.84. The first kappa shape index (κ1) is 15.5. The van der Waals surface area contributed by atoms with E-state index in [1.165, 1.54) is 0 Å². The number of hydrogen-bond acceptors (Lipinski definition) is 4. The van der Waals surface area contributed by atoms with Gasteiger partial charge in [0.15, 0.2) is 6.10 Å². The van der Waals surface area contributed by atoms with Gasteiger partial charge < -0.3 is 15.2 Å². The molecule has 3 rings (SSSR count). The summed E-state index contributed by atoms with van der Waals surface area (Å²) in [7, 11) is 0. The summed E-state index contributed by atoms with van der Waals surface area (Å²) in [5, 5.41) is 0. The predicted octanol–water partition coefficient (Wildman–Crippen LogP) is 2.82. The van der Waals surface area contributed by atoms with Gasteiger partial charge in [0.1, 0.15) is 12.2 Å². The molecule has 1 saturated heterocycles. The summed E-state index contributed by atoms with van der Waals surface area (Å²) >= 11 is 0. The van der Waals surface area contributed by atoms with Crippen molar-refractivity contribution in [2.24, 2.45) is 17.6 Å². The van der Waals surface area contributed by atoms with Crippen LogP contribution in [-0.4, -0.2) is 24.2 Å². The summed E-state index contributed by atoms with van der Waals surface area (Å²) in [5.74, 6) is 0.659. The zero-order valence-corrected chi connectivity index (χ0v) is 13.3. The van der Waals surface area contributed by atoms with Gasteiger partial charge in [-0.15, -0.1) is 0 Å². The van der Waals surface area contributed by atoms with E-state index in [1.54, 1.807) is 0 Å². The minimum absolute atomic E-state index is 0.0723. The molecule has 2 N–H and O–H groups in total. The molecule has 4 nitrogen and oxygen atoms in total. The van der Waals surface area contributed by atoms with Gasteiger partial charge in [0.2, 0.25) is 0 Å². The predicted molar refractivity (Wildman–Crippen MR) is 84.1 cm³/mol. The minimum atomic E-state index is -0.451. The van der Waals surface area contributed by atoms with E-state index in [9.17, 15) is 4.79 Å². The molecule has 1 aliphatic heterocycles. The van der Waals surface area contributed by atoms with E-state index in [-0.39, 0.29) is 24.2 Å². The first-order valence-corrected chi connectivity index (χ1v) is 8.22. The van der Waals surface area contributed by atoms with E-state index < -0.39 is 6.10 Å². The third kappa shape index (κ3) is 3.33. The summed E-state index contributed by atoms with van der Waals surface area (Å²) in [6, 6.07) is 9.95.